The number of halogens is 3. The summed E-state index contributed by atoms with van der Waals surface area (Å²) >= 11 is 0. The fourth-order valence-electron chi connectivity index (χ4n) is 2.29. The molecule has 1 aromatic carbocycles. The number of alkyl halides is 3. The molecule has 5 nitrogen and oxygen atoms in total. The van der Waals surface area contributed by atoms with Gasteiger partial charge in [-0.15, -0.1) is 0 Å². The number of hydrogen-bond acceptors (Lipinski definition) is 3. The molecule has 1 amide bonds. The quantitative estimate of drug-likeness (QED) is 0.789. The Morgan fingerprint density at radius 1 is 1.12 bits per heavy atom. The molecule has 0 atom stereocenters. The summed E-state index contributed by atoms with van der Waals surface area (Å²) in [5.41, 5.74) is -0.507. The zero-order valence-electron chi connectivity index (χ0n) is 12.9. The second-order valence-electron chi connectivity index (χ2n) is 5.19. The van der Waals surface area contributed by atoms with Crippen LogP contribution in [-0.4, -0.2) is 20.7 Å². The maximum absolute atomic E-state index is 12.9. The third kappa shape index (κ3) is 3.85. The first-order chi connectivity index (χ1) is 11.9. The van der Waals surface area contributed by atoms with Crippen LogP contribution in [-0.2, 0) is 12.7 Å². The molecule has 2 heterocycles. The highest BCUT2D eigenvalue weighted by atomic mass is 19.4. The number of aromatic nitrogens is 3. The van der Waals surface area contributed by atoms with Crippen molar-refractivity contribution in [2.75, 3.05) is 0 Å². The summed E-state index contributed by atoms with van der Waals surface area (Å²) in [4.78, 5) is 16.2. The predicted octanol–water partition coefficient (Wildman–Crippen LogP) is 3.22. The molecule has 1 N–H and O–H groups in total. The molecule has 3 rings (SSSR count). The van der Waals surface area contributed by atoms with Crippen molar-refractivity contribution in [3.05, 3.63) is 77.7 Å². The average molecular weight is 346 g/mol. The molecule has 0 aliphatic heterocycles. The molecule has 0 fully saturated rings. The van der Waals surface area contributed by atoms with Crippen LogP contribution in [0.25, 0.3) is 5.82 Å². The van der Waals surface area contributed by atoms with Gasteiger partial charge in [-0.2, -0.15) is 18.3 Å². The van der Waals surface area contributed by atoms with Crippen LogP contribution in [0.3, 0.4) is 0 Å². The molecule has 0 unspecified atom stereocenters. The van der Waals surface area contributed by atoms with Crippen molar-refractivity contribution in [2.24, 2.45) is 0 Å². The lowest BCUT2D eigenvalue weighted by molar-refractivity contribution is -0.138. The van der Waals surface area contributed by atoms with Crippen molar-refractivity contribution in [1.29, 1.82) is 0 Å². The van der Waals surface area contributed by atoms with Gasteiger partial charge in [0.2, 0.25) is 0 Å². The lowest BCUT2D eigenvalue weighted by atomic mass is 10.1. The van der Waals surface area contributed by atoms with Crippen LogP contribution in [0.2, 0.25) is 0 Å². The molecule has 0 bridgehead atoms. The first kappa shape index (κ1) is 16.7. The van der Waals surface area contributed by atoms with E-state index in [0.717, 1.165) is 6.07 Å². The van der Waals surface area contributed by atoms with E-state index in [4.69, 9.17) is 0 Å². The average Bonchev–Trinajstić information content (AvgIpc) is 3.14. The number of hydrogen-bond donors (Lipinski definition) is 1. The largest absolute Gasteiger partial charge is 0.416 e. The molecule has 0 radical (unpaired) electrons. The number of carbonyl (C=O) groups is 1. The Hall–Kier alpha value is -3.16. The van der Waals surface area contributed by atoms with E-state index in [1.807, 2.05) is 0 Å². The molecular formula is C17H13F3N4O. The fraction of sp³-hybridized carbons (Fsp3) is 0.118. The van der Waals surface area contributed by atoms with Gasteiger partial charge in [0.25, 0.3) is 5.91 Å². The van der Waals surface area contributed by atoms with Crippen molar-refractivity contribution in [2.45, 2.75) is 12.7 Å². The lowest BCUT2D eigenvalue weighted by Gasteiger charge is -2.13. The molecule has 0 saturated carbocycles. The second-order valence-corrected chi connectivity index (χ2v) is 5.19. The summed E-state index contributed by atoms with van der Waals surface area (Å²) in [7, 11) is 0. The van der Waals surface area contributed by atoms with Gasteiger partial charge in [-0.05, 0) is 29.8 Å². The maximum atomic E-state index is 12.9. The van der Waals surface area contributed by atoms with Gasteiger partial charge >= 0.3 is 6.18 Å². The minimum Gasteiger partial charge on any atom is -0.348 e. The molecule has 3 aromatic rings. The van der Waals surface area contributed by atoms with Gasteiger partial charge in [-0.3, -0.25) is 4.79 Å². The number of benzene rings is 1. The monoisotopic (exact) mass is 346 g/mol. The molecule has 0 spiro atoms. The molecule has 25 heavy (non-hydrogen) atoms. The Morgan fingerprint density at radius 3 is 2.56 bits per heavy atom. The zero-order chi connectivity index (χ0) is 17.9. The van der Waals surface area contributed by atoms with E-state index in [2.05, 4.69) is 15.4 Å². The summed E-state index contributed by atoms with van der Waals surface area (Å²) in [6.07, 6.45) is 0.187. The summed E-state index contributed by atoms with van der Waals surface area (Å²) in [6, 6.07) is 10.0. The summed E-state index contributed by atoms with van der Waals surface area (Å²) in [5.74, 6) is 0.0282. The Labute approximate surface area is 141 Å². The highest BCUT2D eigenvalue weighted by Gasteiger charge is 2.32. The molecule has 0 saturated heterocycles. The van der Waals surface area contributed by atoms with Crippen LogP contribution in [0, 0.1) is 0 Å². The summed E-state index contributed by atoms with van der Waals surface area (Å²) in [5, 5.41) is 6.50. The van der Waals surface area contributed by atoms with Gasteiger partial charge < -0.3 is 5.32 Å². The maximum Gasteiger partial charge on any atom is 0.416 e. The van der Waals surface area contributed by atoms with Gasteiger partial charge in [0.1, 0.15) is 0 Å². The van der Waals surface area contributed by atoms with Gasteiger partial charge in [0, 0.05) is 25.1 Å². The number of rotatable bonds is 4. The van der Waals surface area contributed by atoms with Crippen LogP contribution in [0.1, 0.15) is 21.5 Å². The van der Waals surface area contributed by atoms with Crippen LogP contribution < -0.4 is 5.32 Å². The zero-order valence-corrected chi connectivity index (χ0v) is 12.9. The van der Waals surface area contributed by atoms with Crippen molar-refractivity contribution in [1.82, 2.24) is 20.1 Å². The third-order valence-electron chi connectivity index (χ3n) is 3.51. The smallest absolute Gasteiger partial charge is 0.348 e. The lowest BCUT2D eigenvalue weighted by Crippen LogP contribution is -2.24. The molecule has 0 aliphatic rings. The van der Waals surface area contributed by atoms with Crippen molar-refractivity contribution in [3.8, 4) is 5.82 Å². The molecule has 2 aromatic heterocycles. The first-order valence-electron chi connectivity index (χ1n) is 7.34. The van der Waals surface area contributed by atoms with E-state index >= 15 is 0 Å². The normalized spacial score (nSPS) is 11.3. The minimum atomic E-state index is -4.46. The van der Waals surface area contributed by atoms with Gasteiger partial charge in [-0.1, -0.05) is 18.2 Å². The Bertz CT molecular complexity index is 858. The van der Waals surface area contributed by atoms with Gasteiger partial charge in [0.15, 0.2) is 5.82 Å². The summed E-state index contributed by atoms with van der Waals surface area (Å²) < 4.78 is 40.4. The van der Waals surface area contributed by atoms with Crippen molar-refractivity contribution in [3.63, 3.8) is 0 Å². The molecular weight excluding hydrogens is 333 g/mol. The highest BCUT2D eigenvalue weighted by Crippen LogP contribution is 2.31. The number of pyridine rings is 1. The standard InChI is InChI=1S/C17H13F3N4O/c18-17(19,20)14-5-2-1-4-12(14)10-22-16(25)13-6-7-15(21-11-13)24-9-3-8-23-24/h1-9,11H,10H2,(H,22,25). The predicted molar refractivity (Wildman–Crippen MR) is 84.0 cm³/mol. The highest BCUT2D eigenvalue weighted by molar-refractivity contribution is 5.93. The van der Waals surface area contributed by atoms with Gasteiger partial charge in [0.05, 0.1) is 11.1 Å². The number of nitrogens with one attached hydrogen (secondary N) is 1. The second kappa shape index (κ2) is 6.76. The first-order valence-corrected chi connectivity index (χ1v) is 7.34. The van der Waals surface area contributed by atoms with E-state index in [-0.39, 0.29) is 17.7 Å². The molecule has 128 valence electrons. The number of amides is 1. The van der Waals surface area contributed by atoms with E-state index in [1.54, 1.807) is 24.5 Å². The number of carbonyl (C=O) groups excluding carboxylic acids is 1. The fourth-order valence-corrected chi connectivity index (χ4v) is 2.29. The Morgan fingerprint density at radius 2 is 1.92 bits per heavy atom. The van der Waals surface area contributed by atoms with E-state index in [1.165, 1.54) is 35.1 Å². The van der Waals surface area contributed by atoms with Crippen LogP contribution in [0.15, 0.2) is 61.1 Å². The van der Waals surface area contributed by atoms with Crippen LogP contribution >= 0.6 is 0 Å². The third-order valence-corrected chi connectivity index (χ3v) is 3.51. The Balaban J connectivity index is 1.69. The van der Waals surface area contributed by atoms with Crippen molar-refractivity contribution >= 4 is 5.91 Å². The Kier molecular flexibility index (Phi) is 4.51. The van der Waals surface area contributed by atoms with E-state index in [0.29, 0.717) is 5.82 Å². The topological polar surface area (TPSA) is 59.8 Å². The molecule has 8 heteroatoms. The van der Waals surface area contributed by atoms with Gasteiger partial charge in [-0.25, -0.2) is 9.67 Å². The van der Waals surface area contributed by atoms with Crippen LogP contribution in [0.5, 0.6) is 0 Å². The number of nitrogens with zero attached hydrogens (tertiary/aromatic N) is 3. The van der Waals surface area contributed by atoms with E-state index in [9.17, 15) is 18.0 Å². The summed E-state index contributed by atoms with van der Waals surface area (Å²) in [6.45, 7) is -0.227. The minimum absolute atomic E-state index is 0.00414. The van der Waals surface area contributed by atoms with E-state index < -0.39 is 17.6 Å². The van der Waals surface area contributed by atoms with Crippen molar-refractivity contribution < 1.29 is 18.0 Å². The van der Waals surface area contributed by atoms with Crippen LogP contribution in [0.4, 0.5) is 13.2 Å². The molecule has 0 aliphatic carbocycles. The SMILES string of the molecule is O=C(NCc1ccccc1C(F)(F)F)c1ccc(-n2cccn2)nc1.